The summed E-state index contributed by atoms with van der Waals surface area (Å²) < 4.78 is 19.0. The van der Waals surface area contributed by atoms with Crippen LogP contribution in [-0.4, -0.2) is 49.1 Å². The Bertz CT molecular complexity index is 1350. The molecule has 5 nitrogen and oxygen atoms in total. The maximum atomic E-state index is 13.7. The van der Waals surface area contributed by atoms with Gasteiger partial charge < -0.3 is 14.5 Å². The van der Waals surface area contributed by atoms with Crippen LogP contribution in [0.25, 0.3) is 22.2 Å². The molecular formula is C28H26FN3O2. The highest BCUT2D eigenvalue weighted by molar-refractivity contribution is 6.07. The number of hydrogen-bond donors (Lipinski definition) is 0. The number of aromatic nitrogens is 1. The highest BCUT2D eigenvalue weighted by Gasteiger charge is 2.25. The first kappa shape index (κ1) is 21.9. The Balaban J connectivity index is 1.46. The SMILES string of the molecule is COc1ccccc1N1CCN(C(=O)c2cc(-c3ccc(F)cc3)nc3ccc(C)cc23)CC1. The first-order chi connectivity index (χ1) is 16.5. The molecule has 2 heterocycles. The topological polar surface area (TPSA) is 45.7 Å². The van der Waals surface area contributed by atoms with Gasteiger partial charge in [0.1, 0.15) is 11.6 Å². The molecule has 1 fully saturated rings. The van der Waals surface area contributed by atoms with Gasteiger partial charge in [-0.1, -0.05) is 23.8 Å². The Hall–Kier alpha value is -3.93. The zero-order chi connectivity index (χ0) is 23.7. The van der Waals surface area contributed by atoms with E-state index in [2.05, 4.69) is 4.90 Å². The van der Waals surface area contributed by atoms with Crippen molar-refractivity contribution in [1.29, 1.82) is 0 Å². The molecule has 5 rings (SSSR count). The van der Waals surface area contributed by atoms with Crippen molar-refractivity contribution in [1.82, 2.24) is 9.88 Å². The molecule has 0 N–H and O–H groups in total. The van der Waals surface area contributed by atoms with Crippen molar-refractivity contribution >= 4 is 22.5 Å². The number of nitrogens with zero attached hydrogens (tertiary/aromatic N) is 3. The molecule has 0 atom stereocenters. The van der Waals surface area contributed by atoms with Crippen LogP contribution in [0.4, 0.5) is 10.1 Å². The van der Waals surface area contributed by atoms with Crippen LogP contribution in [0.3, 0.4) is 0 Å². The molecule has 1 amide bonds. The maximum absolute atomic E-state index is 13.7. The van der Waals surface area contributed by atoms with Crippen LogP contribution < -0.4 is 9.64 Å². The van der Waals surface area contributed by atoms with E-state index < -0.39 is 0 Å². The van der Waals surface area contributed by atoms with Gasteiger partial charge in [0.15, 0.2) is 0 Å². The number of halogens is 1. The standard InChI is InChI=1S/C28H26FN3O2/c1-19-7-12-24-22(17-19)23(18-25(30-24)20-8-10-21(29)11-9-20)28(33)32-15-13-31(14-16-32)26-5-3-4-6-27(26)34-2/h3-12,17-18H,13-16H2,1-2H3. The third-order valence-corrected chi connectivity index (χ3v) is 6.33. The van der Waals surface area contributed by atoms with Crippen molar-refractivity contribution in [2.24, 2.45) is 0 Å². The van der Waals surface area contributed by atoms with Crippen molar-refractivity contribution in [3.63, 3.8) is 0 Å². The number of amides is 1. The molecule has 3 aromatic carbocycles. The molecule has 0 spiro atoms. The van der Waals surface area contributed by atoms with E-state index in [1.807, 2.05) is 60.4 Å². The summed E-state index contributed by atoms with van der Waals surface area (Å²) in [5.41, 5.74) is 4.92. The van der Waals surface area contributed by atoms with Crippen molar-refractivity contribution in [3.05, 3.63) is 89.7 Å². The summed E-state index contributed by atoms with van der Waals surface area (Å²) in [5, 5.41) is 0.836. The largest absolute Gasteiger partial charge is 0.495 e. The van der Waals surface area contributed by atoms with Gasteiger partial charge in [-0.05, 0) is 61.5 Å². The molecule has 0 aliphatic carbocycles. The first-order valence-corrected chi connectivity index (χ1v) is 11.4. The van der Waals surface area contributed by atoms with Crippen LogP contribution in [0.2, 0.25) is 0 Å². The second-order valence-electron chi connectivity index (χ2n) is 8.53. The van der Waals surface area contributed by atoms with Gasteiger partial charge in [-0.2, -0.15) is 0 Å². The number of hydrogen-bond acceptors (Lipinski definition) is 4. The lowest BCUT2D eigenvalue weighted by atomic mass is 10.0. The van der Waals surface area contributed by atoms with E-state index in [-0.39, 0.29) is 11.7 Å². The summed E-state index contributed by atoms with van der Waals surface area (Å²) >= 11 is 0. The van der Waals surface area contributed by atoms with Gasteiger partial charge in [0, 0.05) is 37.1 Å². The van der Waals surface area contributed by atoms with E-state index in [0.717, 1.165) is 46.6 Å². The molecular weight excluding hydrogens is 429 g/mol. The number of fused-ring (bicyclic) bond motifs is 1. The third-order valence-electron chi connectivity index (χ3n) is 6.33. The van der Waals surface area contributed by atoms with Crippen LogP contribution >= 0.6 is 0 Å². The molecule has 1 saturated heterocycles. The molecule has 0 bridgehead atoms. The molecule has 1 aliphatic rings. The van der Waals surface area contributed by atoms with Crippen LogP contribution in [0, 0.1) is 12.7 Å². The predicted octanol–water partition coefficient (Wildman–Crippen LogP) is 5.32. The Morgan fingerprint density at radius 3 is 2.41 bits per heavy atom. The number of ether oxygens (including phenoxy) is 1. The van der Waals surface area contributed by atoms with Gasteiger partial charge in [-0.25, -0.2) is 9.37 Å². The van der Waals surface area contributed by atoms with Crippen LogP contribution in [0.5, 0.6) is 5.75 Å². The summed E-state index contributed by atoms with van der Waals surface area (Å²) in [5.74, 6) is 0.521. The van der Waals surface area contributed by atoms with Gasteiger partial charge in [-0.15, -0.1) is 0 Å². The van der Waals surface area contributed by atoms with E-state index >= 15 is 0 Å². The Labute approximate surface area is 198 Å². The normalized spacial score (nSPS) is 13.9. The van der Waals surface area contributed by atoms with E-state index in [4.69, 9.17) is 9.72 Å². The van der Waals surface area contributed by atoms with Crippen molar-refractivity contribution in [2.75, 3.05) is 38.2 Å². The Morgan fingerprint density at radius 1 is 0.941 bits per heavy atom. The fourth-order valence-electron chi connectivity index (χ4n) is 4.50. The monoisotopic (exact) mass is 455 g/mol. The average molecular weight is 456 g/mol. The van der Waals surface area contributed by atoms with E-state index in [0.29, 0.717) is 24.3 Å². The highest BCUT2D eigenvalue weighted by Crippen LogP contribution is 2.30. The summed E-state index contributed by atoms with van der Waals surface area (Å²) in [6.45, 7) is 4.67. The quantitative estimate of drug-likeness (QED) is 0.418. The van der Waals surface area contributed by atoms with Crippen molar-refractivity contribution < 1.29 is 13.9 Å². The maximum Gasteiger partial charge on any atom is 0.254 e. The van der Waals surface area contributed by atoms with Crippen molar-refractivity contribution in [2.45, 2.75) is 6.92 Å². The van der Waals surface area contributed by atoms with Gasteiger partial charge in [-0.3, -0.25) is 4.79 Å². The second kappa shape index (κ2) is 9.14. The minimum atomic E-state index is -0.301. The lowest BCUT2D eigenvalue weighted by Crippen LogP contribution is -2.49. The summed E-state index contributed by atoms with van der Waals surface area (Å²) in [4.78, 5) is 22.6. The molecule has 172 valence electrons. The van der Waals surface area contributed by atoms with E-state index in [1.54, 1.807) is 19.2 Å². The van der Waals surface area contributed by atoms with Crippen LogP contribution in [0.15, 0.2) is 72.8 Å². The number of para-hydroxylation sites is 2. The Morgan fingerprint density at radius 2 is 1.68 bits per heavy atom. The molecule has 0 radical (unpaired) electrons. The molecule has 1 aromatic heterocycles. The minimum Gasteiger partial charge on any atom is -0.495 e. The zero-order valence-corrected chi connectivity index (χ0v) is 19.3. The number of methoxy groups -OCH3 is 1. The van der Waals surface area contributed by atoms with Gasteiger partial charge in [0.25, 0.3) is 5.91 Å². The minimum absolute atomic E-state index is 0.0129. The zero-order valence-electron chi connectivity index (χ0n) is 19.3. The van der Waals surface area contributed by atoms with Gasteiger partial charge in [0.05, 0.1) is 29.6 Å². The number of carbonyl (C=O) groups is 1. The molecule has 34 heavy (non-hydrogen) atoms. The molecule has 4 aromatic rings. The van der Waals surface area contributed by atoms with Gasteiger partial charge in [0.2, 0.25) is 0 Å². The fourth-order valence-corrected chi connectivity index (χ4v) is 4.50. The average Bonchev–Trinajstić information content (AvgIpc) is 2.88. The number of anilines is 1. The lowest BCUT2D eigenvalue weighted by molar-refractivity contribution is 0.0748. The number of carbonyl (C=O) groups excluding carboxylic acids is 1. The number of aryl methyl sites for hydroxylation is 1. The first-order valence-electron chi connectivity index (χ1n) is 11.4. The number of benzene rings is 3. The smallest absolute Gasteiger partial charge is 0.254 e. The molecule has 1 aliphatic heterocycles. The molecule has 0 unspecified atom stereocenters. The number of pyridine rings is 1. The molecule has 6 heteroatoms. The highest BCUT2D eigenvalue weighted by atomic mass is 19.1. The predicted molar refractivity (Wildman–Crippen MR) is 133 cm³/mol. The number of rotatable bonds is 4. The Kier molecular flexibility index (Phi) is 5.88. The summed E-state index contributed by atoms with van der Waals surface area (Å²) in [6.07, 6.45) is 0. The van der Waals surface area contributed by atoms with E-state index in [1.165, 1.54) is 12.1 Å². The number of piperazine rings is 1. The molecule has 0 saturated carbocycles. The van der Waals surface area contributed by atoms with E-state index in [9.17, 15) is 9.18 Å². The lowest BCUT2D eigenvalue weighted by Gasteiger charge is -2.36. The summed E-state index contributed by atoms with van der Waals surface area (Å²) in [7, 11) is 1.67. The van der Waals surface area contributed by atoms with Crippen LogP contribution in [0.1, 0.15) is 15.9 Å². The van der Waals surface area contributed by atoms with Crippen molar-refractivity contribution in [3.8, 4) is 17.0 Å². The van der Waals surface area contributed by atoms with Crippen LogP contribution in [-0.2, 0) is 0 Å². The second-order valence-corrected chi connectivity index (χ2v) is 8.53. The third kappa shape index (κ3) is 4.19. The van der Waals surface area contributed by atoms with Gasteiger partial charge >= 0.3 is 0 Å². The fraction of sp³-hybridized carbons (Fsp3) is 0.214. The summed E-state index contributed by atoms with van der Waals surface area (Å²) in [6, 6.07) is 21.9.